The van der Waals surface area contributed by atoms with Crippen molar-refractivity contribution in [1.82, 2.24) is 9.47 Å². The molecule has 1 unspecified atom stereocenters. The monoisotopic (exact) mass is 250 g/mol. The van der Waals surface area contributed by atoms with Gasteiger partial charge in [-0.15, -0.1) is 0 Å². The molecule has 0 bridgehead atoms. The maximum absolute atomic E-state index is 12.1. The first-order valence-corrected chi connectivity index (χ1v) is 6.28. The van der Waals surface area contributed by atoms with E-state index < -0.39 is 0 Å². The van der Waals surface area contributed by atoms with Gasteiger partial charge in [0, 0.05) is 25.4 Å². The van der Waals surface area contributed by atoms with Crippen LogP contribution in [-0.4, -0.2) is 39.7 Å². The Bertz CT molecular complexity index is 469. The van der Waals surface area contributed by atoms with Crippen molar-refractivity contribution in [2.45, 2.75) is 31.9 Å². The molecule has 2 rings (SSSR count). The normalized spacial score (nSPS) is 20.5. The second-order valence-electron chi connectivity index (χ2n) is 4.63. The third-order valence-electron chi connectivity index (χ3n) is 3.25. The molecular weight excluding hydrogens is 232 g/mol. The molecule has 1 aliphatic heterocycles. The Morgan fingerprint density at radius 3 is 2.94 bits per heavy atom. The molecule has 0 spiro atoms. The van der Waals surface area contributed by atoms with Crippen molar-refractivity contribution in [2.75, 3.05) is 13.1 Å². The minimum Gasteiger partial charge on any atom is -0.393 e. The lowest BCUT2D eigenvalue weighted by atomic mass is 10.2. The van der Waals surface area contributed by atoms with E-state index in [4.69, 9.17) is 0 Å². The zero-order valence-electron chi connectivity index (χ0n) is 10.3. The SMILES string of the molecule is O=C(Cn1ccccc1=O)N1CCCC(O)CC1. The maximum Gasteiger partial charge on any atom is 0.250 e. The Morgan fingerprint density at radius 2 is 2.17 bits per heavy atom. The molecule has 1 N–H and O–H groups in total. The molecule has 1 aromatic rings. The fraction of sp³-hybridized carbons (Fsp3) is 0.538. The van der Waals surface area contributed by atoms with E-state index in [1.165, 1.54) is 10.6 Å². The van der Waals surface area contributed by atoms with Gasteiger partial charge in [0.15, 0.2) is 0 Å². The van der Waals surface area contributed by atoms with Crippen molar-refractivity contribution in [3.05, 3.63) is 34.7 Å². The lowest BCUT2D eigenvalue weighted by Gasteiger charge is -2.20. The topological polar surface area (TPSA) is 62.5 Å². The van der Waals surface area contributed by atoms with E-state index in [0.717, 1.165) is 12.8 Å². The first-order chi connectivity index (χ1) is 8.66. The van der Waals surface area contributed by atoms with Crippen LogP contribution in [0.3, 0.4) is 0 Å². The molecule has 1 aromatic heterocycles. The van der Waals surface area contributed by atoms with E-state index in [1.54, 1.807) is 23.2 Å². The number of hydrogen-bond donors (Lipinski definition) is 1. The second-order valence-corrected chi connectivity index (χ2v) is 4.63. The van der Waals surface area contributed by atoms with E-state index in [2.05, 4.69) is 0 Å². The molecule has 0 aliphatic carbocycles. The first-order valence-electron chi connectivity index (χ1n) is 6.28. The molecule has 18 heavy (non-hydrogen) atoms. The van der Waals surface area contributed by atoms with Crippen molar-refractivity contribution in [2.24, 2.45) is 0 Å². The standard InChI is InChI=1S/C13H18N2O3/c16-11-4-3-8-14(9-6-11)13(18)10-15-7-2-1-5-12(15)17/h1-2,5,7,11,16H,3-4,6,8-10H2. The highest BCUT2D eigenvalue weighted by Gasteiger charge is 2.19. The van der Waals surface area contributed by atoms with E-state index >= 15 is 0 Å². The van der Waals surface area contributed by atoms with E-state index in [1.807, 2.05) is 0 Å². The number of aliphatic hydroxyl groups is 1. The van der Waals surface area contributed by atoms with Crippen molar-refractivity contribution < 1.29 is 9.90 Å². The average molecular weight is 250 g/mol. The van der Waals surface area contributed by atoms with Gasteiger partial charge in [-0.2, -0.15) is 0 Å². The van der Waals surface area contributed by atoms with Crippen LogP contribution >= 0.6 is 0 Å². The van der Waals surface area contributed by atoms with Crippen molar-refractivity contribution >= 4 is 5.91 Å². The van der Waals surface area contributed by atoms with Gasteiger partial charge in [-0.3, -0.25) is 9.59 Å². The molecule has 0 saturated carbocycles. The summed E-state index contributed by atoms with van der Waals surface area (Å²) in [5.41, 5.74) is -0.166. The lowest BCUT2D eigenvalue weighted by molar-refractivity contribution is -0.131. The molecule has 1 amide bonds. The molecule has 98 valence electrons. The van der Waals surface area contributed by atoms with Crippen LogP contribution in [0.1, 0.15) is 19.3 Å². The third kappa shape index (κ3) is 3.20. The summed E-state index contributed by atoms with van der Waals surface area (Å²) >= 11 is 0. The minimum atomic E-state index is -0.303. The van der Waals surface area contributed by atoms with Gasteiger partial charge in [0.1, 0.15) is 6.54 Å². The van der Waals surface area contributed by atoms with E-state index in [0.29, 0.717) is 19.5 Å². The Hall–Kier alpha value is -1.62. The quantitative estimate of drug-likeness (QED) is 0.817. The summed E-state index contributed by atoms with van der Waals surface area (Å²) in [5.74, 6) is -0.0580. The predicted octanol–water partition coefficient (Wildman–Crippen LogP) is 0.222. The fourth-order valence-corrected chi connectivity index (χ4v) is 2.17. The average Bonchev–Trinajstić information content (AvgIpc) is 2.57. The van der Waals surface area contributed by atoms with Gasteiger partial charge in [-0.1, -0.05) is 6.07 Å². The zero-order valence-corrected chi connectivity index (χ0v) is 10.3. The molecule has 1 fully saturated rings. The van der Waals surface area contributed by atoms with E-state index in [9.17, 15) is 14.7 Å². The summed E-state index contributed by atoms with van der Waals surface area (Å²) in [6.45, 7) is 1.31. The smallest absolute Gasteiger partial charge is 0.250 e. The molecule has 1 saturated heterocycles. The number of pyridine rings is 1. The summed E-state index contributed by atoms with van der Waals surface area (Å²) in [7, 11) is 0. The van der Waals surface area contributed by atoms with Gasteiger partial charge in [-0.05, 0) is 25.3 Å². The Morgan fingerprint density at radius 1 is 1.33 bits per heavy atom. The molecule has 2 heterocycles. The number of aliphatic hydroxyl groups excluding tert-OH is 1. The highest BCUT2D eigenvalue weighted by molar-refractivity contribution is 5.76. The minimum absolute atomic E-state index is 0.0580. The molecule has 0 radical (unpaired) electrons. The number of carbonyl (C=O) groups is 1. The van der Waals surface area contributed by atoms with Crippen LogP contribution in [0.15, 0.2) is 29.2 Å². The Balaban J connectivity index is 1.99. The maximum atomic E-state index is 12.1. The van der Waals surface area contributed by atoms with Crippen molar-refractivity contribution in [3.8, 4) is 0 Å². The van der Waals surface area contributed by atoms with Crippen LogP contribution in [0, 0.1) is 0 Å². The third-order valence-corrected chi connectivity index (χ3v) is 3.25. The summed E-state index contributed by atoms with van der Waals surface area (Å²) in [6, 6.07) is 4.84. The summed E-state index contributed by atoms with van der Waals surface area (Å²) < 4.78 is 1.41. The number of hydrogen-bond acceptors (Lipinski definition) is 3. The van der Waals surface area contributed by atoms with Gasteiger partial charge in [-0.25, -0.2) is 0 Å². The molecule has 1 aliphatic rings. The van der Waals surface area contributed by atoms with Crippen LogP contribution < -0.4 is 5.56 Å². The number of likely N-dealkylation sites (tertiary alicyclic amines) is 1. The van der Waals surface area contributed by atoms with Crippen LogP contribution in [0.5, 0.6) is 0 Å². The van der Waals surface area contributed by atoms with Gasteiger partial charge >= 0.3 is 0 Å². The number of rotatable bonds is 2. The zero-order chi connectivity index (χ0) is 13.0. The Labute approximate surface area is 106 Å². The highest BCUT2D eigenvalue weighted by Crippen LogP contribution is 2.11. The molecule has 5 heteroatoms. The second kappa shape index (κ2) is 5.82. The predicted molar refractivity (Wildman–Crippen MR) is 67.1 cm³/mol. The van der Waals surface area contributed by atoms with Crippen molar-refractivity contribution in [1.29, 1.82) is 0 Å². The largest absolute Gasteiger partial charge is 0.393 e. The van der Waals surface area contributed by atoms with Crippen LogP contribution in [0.2, 0.25) is 0 Å². The van der Waals surface area contributed by atoms with Gasteiger partial charge < -0.3 is 14.6 Å². The fourth-order valence-electron chi connectivity index (χ4n) is 2.17. The number of amides is 1. The number of nitrogens with zero attached hydrogens (tertiary/aromatic N) is 2. The molecule has 5 nitrogen and oxygen atoms in total. The molecular formula is C13H18N2O3. The van der Waals surface area contributed by atoms with E-state index in [-0.39, 0.29) is 24.1 Å². The first kappa shape index (κ1) is 12.8. The van der Waals surface area contributed by atoms with Gasteiger partial charge in [0.05, 0.1) is 6.10 Å². The Kier molecular flexibility index (Phi) is 4.15. The number of aromatic nitrogens is 1. The van der Waals surface area contributed by atoms with Crippen LogP contribution in [0.25, 0.3) is 0 Å². The summed E-state index contributed by atoms with van der Waals surface area (Å²) in [5, 5.41) is 9.53. The lowest BCUT2D eigenvalue weighted by Crippen LogP contribution is -2.37. The molecule has 1 atom stereocenters. The summed E-state index contributed by atoms with van der Waals surface area (Å²) in [4.78, 5) is 25.3. The van der Waals surface area contributed by atoms with Crippen molar-refractivity contribution in [3.63, 3.8) is 0 Å². The highest BCUT2D eigenvalue weighted by atomic mass is 16.3. The summed E-state index contributed by atoms with van der Waals surface area (Å²) in [6.07, 6.45) is 3.50. The van der Waals surface area contributed by atoms with Crippen LogP contribution in [-0.2, 0) is 11.3 Å². The van der Waals surface area contributed by atoms with Gasteiger partial charge in [0.2, 0.25) is 5.91 Å². The number of carbonyl (C=O) groups excluding carboxylic acids is 1. The van der Waals surface area contributed by atoms with Crippen LogP contribution in [0.4, 0.5) is 0 Å². The molecule has 0 aromatic carbocycles. The van der Waals surface area contributed by atoms with Gasteiger partial charge in [0.25, 0.3) is 5.56 Å².